The molecule has 1 aromatic rings. The van der Waals surface area contributed by atoms with Crippen LogP contribution < -0.4 is 0 Å². The Labute approximate surface area is 84.9 Å². The Balaban J connectivity index is 1.82. The van der Waals surface area contributed by atoms with E-state index in [0.29, 0.717) is 0 Å². The molecule has 3 rings (SSSR count). The van der Waals surface area contributed by atoms with Gasteiger partial charge in [0.2, 0.25) is 0 Å². The van der Waals surface area contributed by atoms with Crippen LogP contribution in [0.2, 0.25) is 0 Å². The monoisotopic (exact) mass is 185 g/mol. The molecule has 0 radical (unpaired) electrons. The maximum absolute atomic E-state index is 4.40. The third kappa shape index (κ3) is 1.12. The topological polar surface area (TPSA) is 12.9 Å². The largest absolute Gasteiger partial charge is 0.257 e. The summed E-state index contributed by atoms with van der Waals surface area (Å²) in [5.41, 5.74) is 2.67. The van der Waals surface area contributed by atoms with Gasteiger partial charge in [-0.25, -0.2) is 0 Å². The molecule has 0 aromatic carbocycles. The minimum atomic E-state index is 0.886. The van der Waals surface area contributed by atoms with Crippen LogP contribution in [-0.2, 0) is 0 Å². The van der Waals surface area contributed by atoms with Gasteiger partial charge >= 0.3 is 0 Å². The third-order valence-corrected chi connectivity index (χ3v) is 3.71. The highest BCUT2D eigenvalue weighted by molar-refractivity contribution is 5.67. The Bertz CT molecular complexity index is 366. The molecule has 1 nitrogen and oxygen atoms in total. The smallest absolute Gasteiger partial charge is 0.0658 e. The van der Waals surface area contributed by atoms with Crippen molar-refractivity contribution in [3.8, 4) is 0 Å². The van der Waals surface area contributed by atoms with Crippen LogP contribution in [0.4, 0.5) is 0 Å². The highest BCUT2D eigenvalue weighted by Gasteiger charge is 2.50. The van der Waals surface area contributed by atoms with Gasteiger partial charge in [0, 0.05) is 6.20 Å². The lowest BCUT2D eigenvalue weighted by Gasteiger charge is -2.03. The van der Waals surface area contributed by atoms with Crippen molar-refractivity contribution in [3.05, 3.63) is 36.2 Å². The molecule has 0 bridgehead atoms. The number of allylic oxidation sites excluding steroid dienone is 2. The molecule has 2 aliphatic carbocycles. The van der Waals surface area contributed by atoms with Crippen molar-refractivity contribution >= 4 is 5.57 Å². The zero-order valence-corrected chi connectivity index (χ0v) is 8.48. The number of pyridine rings is 1. The van der Waals surface area contributed by atoms with E-state index in [9.17, 15) is 0 Å². The molecule has 1 saturated carbocycles. The summed E-state index contributed by atoms with van der Waals surface area (Å²) in [5.74, 6) is 2.83. The second kappa shape index (κ2) is 2.94. The Morgan fingerprint density at radius 2 is 2.36 bits per heavy atom. The van der Waals surface area contributed by atoms with Gasteiger partial charge in [0.25, 0.3) is 0 Å². The van der Waals surface area contributed by atoms with Gasteiger partial charge in [0.1, 0.15) is 0 Å². The molecule has 0 aliphatic heterocycles. The predicted molar refractivity (Wildman–Crippen MR) is 57.6 cm³/mol. The van der Waals surface area contributed by atoms with Crippen LogP contribution in [0, 0.1) is 17.8 Å². The minimum Gasteiger partial charge on any atom is -0.257 e. The molecular weight excluding hydrogens is 170 g/mol. The summed E-state index contributed by atoms with van der Waals surface area (Å²) in [6, 6.07) is 6.18. The van der Waals surface area contributed by atoms with Gasteiger partial charge in [-0.2, -0.15) is 0 Å². The van der Waals surface area contributed by atoms with E-state index < -0.39 is 0 Å². The molecule has 1 heterocycles. The van der Waals surface area contributed by atoms with Gasteiger partial charge in [-0.1, -0.05) is 25.5 Å². The molecule has 1 fully saturated rings. The standard InChI is InChI=1S/C13H15N/c1-2-10-11-7-9(8-12(10)11)13-5-3-4-6-14-13/h3-7,10-12H,2,8H2,1H3. The number of rotatable bonds is 2. The lowest BCUT2D eigenvalue weighted by atomic mass is 10.0. The Kier molecular flexibility index (Phi) is 1.73. The van der Waals surface area contributed by atoms with Crippen molar-refractivity contribution in [2.24, 2.45) is 17.8 Å². The summed E-state index contributed by atoms with van der Waals surface area (Å²) in [4.78, 5) is 4.40. The van der Waals surface area contributed by atoms with E-state index in [2.05, 4.69) is 30.1 Å². The number of hydrogen-bond donors (Lipinski definition) is 0. The SMILES string of the molecule is CCC1C2C=C(c3ccccn3)CC21. The summed E-state index contributed by atoms with van der Waals surface area (Å²) in [7, 11) is 0. The first-order valence-electron chi connectivity index (χ1n) is 5.52. The molecule has 0 N–H and O–H groups in total. The molecule has 1 heteroatoms. The maximum atomic E-state index is 4.40. The molecule has 3 unspecified atom stereocenters. The third-order valence-electron chi connectivity index (χ3n) is 3.71. The summed E-state index contributed by atoms with van der Waals surface area (Å²) in [6.45, 7) is 2.30. The second-order valence-electron chi connectivity index (χ2n) is 4.42. The number of fused-ring (bicyclic) bond motifs is 1. The van der Waals surface area contributed by atoms with Crippen LogP contribution in [0.15, 0.2) is 30.5 Å². The van der Waals surface area contributed by atoms with E-state index in [0.717, 1.165) is 17.8 Å². The molecule has 0 amide bonds. The van der Waals surface area contributed by atoms with Crippen LogP contribution in [0.5, 0.6) is 0 Å². The van der Waals surface area contributed by atoms with Crippen LogP contribution in [-0.4, -0.2) is 4.98 Å². The van der Waals surface area contributed by atoms with E-state index in [1.807, 2.05) is 12.3 Å². The second-order valence-corrected chi connectivity index (χ2v) is 4.42. The van der Waals surface area contributed by atoms with Crippen LogP contribution >= 0.6 is 0 Å². The molecule has 1 aromatic heterocycles. The van der Waals surface area contributed by atoms with E-state index in [1.165, 1.54) is 24.1 Å². The average molecular weight is 185 g/mol. The summed E-state index contributed by atoms with van der Waals surface area (Å²) in [6.07, 6.45) is 6.96. The highest BCUT2D eigenvalue weighted by Crippen LogP contribution is 2.59. The van der Waals surface area contributed by atoms with Gasteiger partial charge in [-0.3, -0.25) is 4.98 Å². The van der Waals surface area contributed by atoms with Gasteiger partial charge < -0.3 is 0 Å². The Morgan fingerprint density at radius 3 is 2.93 bits per heavy atom. The van der Waals surface area contributed by atoms with Gasteiger partial charge in [-0.15, -0.1) is 0 Å². The zero-order chi connectivity index (χ0) is 9.54. The first kappa shape index (κ1) is 8.22. The van der Waals surface area contributed by atoms with Gasteiger partial charge in [0.15, 0.2) is 0 Å². The molecule has 2 aliphatic rings. The van der Waals surface area contributed by atoms with E-state index >= 15 is 0 Å². The lowest BCUT2D eigenvalue weighted by molar-refractivity contribution is 0.686. The molecular formula is C13H15N. The zero-order valence-electron chi connectivity index (χ0n) is 8.48. The first-order chi connectivity index (χ1) is 6.90. The fraction of sp³-hybridized carbons (Fsp3) is 0.462. The predicted octanol–water partition coefficient (Wildman–Crippen LogP) is 3.14. The molecule has 0 saturated heterocycles. The maximum Gasteiger partial charge on any atom is 0.0658 e. The highest BCUT2D eigenvalue weighted by atomic mass is 14.7. The Morgan fingerprint density at radius 1 is 1.43 bits per heavy atom. The first-order valence-corrected chi connectivity index (χ1v) is 5.52. The number of aromatic nitrogens is 1. The van der Waals surface area contributed by atoms with Crippen LogP contribution in [0.1, 0.15) is 25.5 Å². The average Bonchev–Trinajstić information content (AvgIpc) is 2.72. The van der Waals surface area contributed by atoms with E-state index in [1.54, 1.807) is 0 Å². The van der Waals surface area contributed by atoms with Crippen molar-refractivity contribution in [3.63, 3.8) is 0 Å². The van der Waals surface area contributed by atoms with Gasteiger partial charge in [0.05, 0.1) is 5.69 Å². The summed E-state index contributed by atoms with van der Waals surface area (Å²) < 4.78 is 0. The van der Waals surface area contributed by atoms with E-state index in [-0.39, 0.29) is 0 Å². The quantitative estimate of drug-likeness (QED) is 0.689. The fourth-order valence-electron chi connectivity index (χ4n) is 2.88. The minimum absolute atomic E-state index is 0.886. The van der Waals surface area contributed by atoms with Crippen LogP contribution in [0.25, 0.3) is 5.57 Å². The number of nitrogens with zero attached hydrogens (tertiary/aromatic N) is 1. The normalized spacial score (nSPS) is 33.8. The van der Waals surface area contributed by atoms with Crippen molar-refractivity contribution in [2.75, 3.05) is 0 Å². The molecule has 14 heavy (non-hydrogen) atoms. The molecule has 72 valence electrons. The van der Waals surface area contributed by atoms with Crippen molar-refractivity contribution in [1.82, 2.24) is 4.98 Å². The molecule has 3 atom stereocenters. The van der Waals surface area contributed by atoms with Crippen molar-refractivity contribution < 1.29 is 0 Å². The summed E-state index contributed by atoms with van der Waals surface area (Å²) >= 11 is 0. The Hall–Kier alpha value is -1.11. The fourth-order valence-corrected chi connectivity index (χ4v) is 2.88. The summed E-state index contributed by atoms with van der Waals surface area (Å²) in [5, 5.41) is 0. The van der Waals surface area contributed by atoms with Crippen molar-refractivity contribution in [2.45, 2.75) is 19.8 Å². The molecule has 0 spiro atoms. The van der Waals surface area contributed by atoms with Gasteiger partial charge in [-0.05, 0) is 41.9 Å². The van der Waals surface area contributed by atoms with Crippen LogP contribution in [0.3, 0.4) is 0 Å². The lowest BCUT2D eigenvalue weighted by Crippen LogP contribution is -1.90. The number of hydrogen-bond acceptors (Lipinski definition) is 1. The van der Waals surface area contributed by atoms with E-state index in [4.69, 9.17) is 0 Å². The van der Waals surface area contributed by atoms with Crippen molar-refractivity contribution in [1.29, 1.82) is 0 Å².